The zero-order chi connectivity index (χ0) is 27.3. The molecule has 0 amide bonds. The molecule has 1 aliphatic rings. The summed E-state index contributed by atoms with van der Waals surface area (Å²) in [4.78, 5) is 39.7. The largest absolute Gasteiger partial charge is 0.465 e. The third-order valence-corrected chi connectivity index (χ3v) is 6.82. The van der Waals surface area contributed by atoms with Gasteiger partial charge in [-0.15, -0.1) is 0 Å². The Hall–Kier alpha value is -2.49. The minimum Gasteiger partial charge on any atom is -0.465 e. The Morgan fingerprint density at radius 2 is 1.46 bits per heavy atom. The molecule has 0 spiro atoms. The summed E-state index contributed by atoms with van der Waals surface area (Å²) in [5, 5.41) is 4.36. The van der Waals surface area contributed by atoms with Crippen LogP contribution in [0.15, 0.2) is 30.3 Å². The quantitative estimate of drug-likeness (QED) is 0.256. The van der Waals surface area contributed by atoms with Gasteiger partial charge in [-0.2, -0.15) is 0 Å². The normalized spacial score (nSPS) is 16.4. The fourth-order valence-corrected chi connectivity index (χ4v) is 3.94. The Labute approximate surface area is 222 Å². The summed E-state index contributed by atoms with van der Waals surface area (Å²) in [6.07, 6.45) is 1.84. The van der Waals surface area contributed by atoms with E-state index < -0.39 is 11.4 Å². The minimum atomic E-state index is -0.815. The van der Waals surface area contributed by atoms with Crippen molar-refractivity contribution >= 4 is 17.9 Å². The molecule has 0 radical (unpaired) electrons. The maximum absolute atomic E-state index is 12.6. The molecule has 0 N–H and O–H groups in total. The fourth-order valence-electron chi connectivity index (χ4n) is 3.94. The molecule has 37 heavy (non-hydrogen) atoms. The zero-order valence-electron chi connectivity index (χ0n) is 23.2. The topological polar surface area (TPSA) is 88.6 Å². The van der Waals surface area contributed by atoms with Crippen LogP contribution in [0.5, 0.6) is 0 Å². The molecule has 1 aromatic rings. The molecule has 0 aromatic heterocycles. The molecule has 0 saturated carbocycles. The molecule has 1 aromatic carbocycles. The summed E-state index contributed by atoms with van der Waals surface area (Å²) in [7, 11) is 4.07. The molecule has 1 heterocycles. The average molecular weight is 520 g/mol. The first-order chi connectivity index (χ1) is 17.6. The zero-order valence-corrected chi connectivity index (χ0v) is 23.2. The average Bonchev–Trinajstić information content (AvgIpc) is 2.91. The number of nitrogens with zero attached hydrogens (tertiary/aromatic N) is 3. The molecular formula is C28H45N3O6. The molecule has 1 unspecified atom stereocenters. The van der Waals surface area contributed by atoms with Crippen LogP contribution in [0.25, 0.3) is 0 Å². The van der Waals surface area contributed by atoms with Crippen molar-refractivity contribution in [1.29, 1.82) is 0 Å². The lowest BCUT2D eigenvalue weighted by Gasteiger charge is -2.37. The van der Waals surface area contributed by atoms with Crippen LogP contribution in [-0.4, -0.2) is 99.5 Å². The fraction of sp³-hybridized carbons (Fsp3) is 0.679. The van der Waals surface area contributed by atoms with E-state index in [1.54, 1.807) is 24.3 Å². The molecule has 0 aliphatic carbocycles. The first-order valence-electron chi connectivity index (χ1n) is 13.3. The summed E-state index contributed by atoms with van der Waals surface area (Å²) in [5.74, 6) is -0.688. The molecule has 208 valence electrons. The van der Waals surface area contributed by atoms with Crippen LogP contribution >= 0.6 is 0 Å². The van der Waals surface area contributed by atoms with Crippen LogP contribution in [0.3, 0.4) is 0 Å². The first kappa shape index (κ1) is 30.7. The number of piperazine rings is 1. The van der Waals surface area contributed by atoms with Gasteiger partial charge in [0, 0.05) is 53.2 Å². The highest BCUT2D eigenvalue weighted by Gasteiger charge is 2.34. The monoisotopic (exact) mass is 519 g/mol. The number of carbonyl (C=O) groups excluding carboxylic acids is 3. The first-order valence-corrected chi connectivity index (χ1v) is 13.3. The van der Waals surface area contributed by atoms with Crippen molar-refractivity contribution in [2.75, 3.05) is 66.6 Å². The number of benzene rings is 1. The van der Waals surface area contributed by atoms with Crippen molar-refractivity contribution < 1.29 is 28.6 Å². The highest BCUT2D eigenvalue weighted by Crippen LogP contribution is 2.25. The summed E-state index contributed by atoms with van der Waals surface area (Å²) in [6, 6.07) is 8.72. The van der Waals surface area contributed by atoms with Crippen molar-refractivity contribution in [3.63, 3.8) is 0 Å². The Kier molecular flexibility index (Phi) is 13.0. The van der Waals surface area contributed by atoms with Gasteiger partial charge in [0.05, 0.1) is 17.4 Å². The Bertz CT molecular complexity index is 840. The smallest absolute Gasteiger partial charge is 0.338 e. The van der Waals surface area contributed by atoms with E-state index in [2.05, 4.69) is 14.9 Å². The Balaban J connectivity index is 1.92. The second-order valence-electron chi connectivity index (χ2n) is 10.4. The van der Waals surface area contributed by atoms with Gasteiger partial charge in [-0.25, -0.2) is 14.8 Å². The molecule has 9 nitrogen and oxygen atoms in total. The second kappa shape index (κ2) is 15.7. The van der Waals surface area contributed by atoms with Crippen LogP contribution < -0.4 is 0 Å². The van der Waals surface area contributed by atoms with Crippen molar-refractivity contribution in [3.05, 3.63) is 35.9 Å². The number of hydrogen-bond donors (Lipinski definition) is 0. The summed E-state index contributed by atoms with van der Waals surface area (Å²) in [5.41, 5.74) is -0.377. The highest BCUT2D eigenvalue weighted by atomic mass is 16.6. The Morgan fingerprint density at radius 3 is 2.00 bits per heavy atom. The summed E-state index contributed by atoms with van der Waals surface area (Å²) >= 11 is 0. The standard InChI is InChI=1S/C28H45N3O6/c1-6-28(20-35-25(32)13-12-23(2)3,22-37-27(34)24-10-8-7-9-11-24)21-36-26(33)14-15-30-16-18-31(19-17-30)29(4)5/h7-11,23H,6,12-22H2,1-5H3. The van der Waals surface area contributed by atoms with E-state index in [-0.39, 0.29) is 38.2 Å². The number of esters is 3. The minimum absolute atomic E-state index is 0.0102. The lowest BCUT2D eigenvalue weighted by Crippen LogP contribution is -2.51. The van der Waals surface area contributed by atoms with E-state index in [4.69, 9.17) is 14.2 Å². The van der Waals surface area contributed by atoms with Gasteiger partial charge in [-0.05, 0) is 30.9 Å². The van der Waals surface area contributed by atoms with Crippen LogP contribution in [0.4, 0.5) is 0 Å². The van der Waals surface area contributed by atoms with Gasteiger partial charge in [0.25, 0.3) is 0 Å². The van der Waals surface area contributed by atoms with Crippen molar-refractivity contribution in [1.82, 2.24) is 14.9 Å². The van der Waals surface area contributed by atoms with Gasteiger partial charge in [-0.1, -0.05) is 39.0 Å². The van der Waals surface area contributed by atoms with E-state index in [0.29, 0.717) is 30.9 Å². The van der Waals surface area contributed by atoms with Gasteiger partial charge >= 0.3 is 17.9 Å². The van der Waals surface area contributed by atoms with Crippen LogP contribution in [-0.2, 0) is 23.8 Å². The molecule has 2 rings (SSSR count). The predicted octanol–water partition coefficient (Wildman–Crippen LogP) is 3.25. The van der Waals surface area contributed by atoms with Crippen LogP contribution in [0.1, 0.15) is 56.8 Å². The van der Waals surface area contributed by atoms with E-state index in [9.17, 15) is 14.4 Å². The molecule has 0 bridgehead atoms. The van der Waals surface area contributed by atoms with Gasteiger partial charge in [0.1, 0.15) is 19.8 Å². The molecule has 1 saturated heterocycles. The third-order valence-electron chi connectivity index (χ3n) is 6.82. The maximum Gasteiger partial charge on any atom is 0.338 e. The van der Waals surface area contributed by atoms with E-state index >= 15 is 0 Å². The van der Waals surface area contributed by atoms with Crippen LogP contribution in [0, 0.1) is 11.3 Å². The SMILES string of the molecule is CCC(COC(=O)CCC(C)C)(COC(=O)CCN1CCN(N(C)C)CC1)COC(=O)c1ccccc1. The Morgan fingerprint density at radius 1 is 0.892 bits per heavy atom. The molecular weight excluding hydrogens is 474 g/mol. The lowest BCUT2D eigenvalue weighted by atomic mass is 9.88. The summed E-state index contributed by atoms with van der Waals surface area (Å²) < 4.78 is 16.8. The molecule has 1 atom stereocenters. The van der Waals surface area contributed by atoms with Crippen molar-refractivity contribution in [2.45, 2.75) is 46.5 Å². The van der Waals surface area contributed by atoms with Gasteiger partial charge in [0.15, 0.2) is 0 Å². The third kappa shape index (κ3) is 11.2. The summed E-state index contributed by atoms with van der Waals surface area (Å²) in [6.45, 7) is 10.3. The second-order valence-corrected chi connectivity index (χ2v) is 10.4. The van der Waals surface area contributed by atoms with E-state index in [0.717, 1.165) is 32.6 Å². The molecule has 9 heteroatoms. The van der Waals surface area contributed by atoms with Gasteiger partial charge in [0.2, 0.25) is 0 Å². The van der Waals surface area contributed by atoms with Crippen molar-refractivity contribution in [2.24, 2.45) is 11.3 Å². The highest BCUT2D eigenvalue weighted by molar-refractivity contribution is 5.89. The number of ether oxygens (including phenoxy) is 3. The van der Waals surface area contributed by atoms with Crippen LogP contribution in [0.2, 0.25) is 0 Å². The predicted molar refractivity (Wildman–Crippen MR) is 142 cm³/mol. The number of rotatable bonds is 15. The lowest BCUT2D eigenvalue weighted by molar-refractivity contribution is -0.157. The van der Waals surface area contributed by atoms with E-state index in [1.807, 2.05) is 40.9 Å². The van der Waals surface area contributed by atoms with E-state index in [1.165, 1.54) is 0 Å². The number of carbonyl (C=O) groups is 3. The molecule has 1 aliphatic heterocycles. The van der Waals surface area contributed by atoms with Crippen molar-refractivity contribution in [3.8, 4) is 0 Å². The number of hydrogen-bond acceptors (Lipinski definition) is 9. The maximum atomic E-state index is 12.6. The number of hydrazine groups is 1. The van der Waals surface area contributed by atoms with Gasteiger partial charge in [-0.3, -0.25) is 9.59 Å². The van der Waals surface area contributed by atoms with Gasteiger partial charge < -0.3 is 19.1 Å². The molecule has 1 fully saturated rings.